The molecule has 1 saturated heterocycles. The molecule has 1 aliphatic rings. The van der Waals surface area contributed by atoms with Gasteiger partial charge in [-0.1, -0.05) is 18.2 Å². The summed E-state index contributed by atoms with van der Waals surface area (Å²) in [5.41, 5.74) is 4.92. The van der Waals surface area contributed by atoms with Crippen LogP contribution in [-0.2, 0) is 16.4 Å². The molecule has 0 amide bonds. The van der Waals surface area contributed by atoms with E-state index < -0.39 is 10.0 Å². The molecule has 1 fully saturated rings. The first kappa shape index (κ1) is 23.5. The second kappa shape index (κ2) is 9.70. The van der Waals surface area contributed by atoms with Gasteiger partial charge in [0.25, 0.3) is 0 Å². The topological polar surface area (TPSA) is 72.0 Å². The number of thiazole rings is 1. The maximum Gasteiger partial charge on any atom is 0.247 e. The predicted molar refractivity (Wildman–Crippen MR) is 131 cm³/mol. The first-order valence-corrected chi connectivity index (χ1v) is 13.1. The predicted octanol–water partition coefficient (Wildman–Crippen LogP) is 3.88. The number of ether oxygens (including phenoxy) is 2. The number of rotatable bonds is 7. The Morgan fingerprint density at radius 1 is 1.03 bits per heavy atom. The van der Waals surface area contributed by atoms with Crippen molar-refractivity contribution in [3.63, 3.8) is 0 Å². The van der Waals surface area contributed by atoms with Gasteiger partial charge in [0.15, 0.2) is 5.13 Å². The minimum Gasteiger partial charge on any atom is -0.497 e. The minimum atomic E-state index is -3.70. The zero-order valence-corrected chi connectivity index (χ0v) is 21.0. The number of hydrogen-bond donors (Lipinski definition) is 0. The van der Waals surface area contributed by atoms with Crippen LogP contribution in [0.15, 0.2) is 46.7 Å². The molecule has 0 radical (unpaired) electrons. The molecule has 176 valence electrons. The van der Waals surface area contributed by atoms with E-state index >= 15 is 0 Å². The second-order valence-corrected chi connectivity index (χ2v) is 10.8. The van der Waals surface area contributed by atoms with Crippen molar-refractivity contribution in [2.45, 2.75) is 25.2 Å². The van der Waals surface area contributed by atoms with Gasteiger partial charge in [-0.15, -0.1) is 11.3 Å². The molecule has 7 nitrogen and oxygen atoms in total. The molecule has 0 unspecified atom stereocenters. The molecule has 33 heavy (non-hydrogen) atoms. The van der Waals surface area contributed by atoms with Crippen LogP contribution in [0.4, 0.5) is 5.13 Å². The molecule has 0 spiro atoms. The molecule has 2 aromatic carbocycles. The molecule has 0 atom stereocenters. The number of nitrogens with zero attached hydrogens (tertiary/aromatic N) is 3. The van der Waals surface area contributed by atoms with Gasteiger partial charge in [-0.05, 0) is 42.7 Å². The first-order valence-electron chi connectivity index (χ1n) is 10.8. The number of methoxy groups -OCH3 is 2. The van der Waals surface area contributed by atoms with E-state index in [1.54, 1.807) is 23.5 Å². The second-order valence-electron chi connectivity index (χ2n) is 8.07. The van der Waals surface area contributed by atoms with E-state index in [4.69, 9.17) is 14.5 Å². The maximum atomic E-state index is 13.3. The van der Waals surface area contributed by atoms with E-state index in [0.29, 0.717) is 37.7 Å². The normalized spacial score (nSPS) is 15.0. The summed E-state index contributed by atoms with van der Waals surface area (Å²) in [6, 6.07) is 11.2. The summed E-state index contributed by atoms with van der Waals surface area (Å²) in [6.07, 6.45) is 0.800. The highest BCUT2D eigenvalue weighted by Crippen LogP contribution is 2.32. The van der Waals surface area contributed by atoms with Crippen LogP contribution in [-0.4, -0.2) is 58.1 Å². The quantitative estimate of drug-likeness (QED) is 0.504. The van der Waals surface area contributed by atoms with Gasteiger partial charge in [0, 0.05) is 44.0 Å². The number of hydrogen-bond acceptors (Lipinski definition) is 7. The Morgan fingerprint density at radius 3 is 2.48 bits per heavy atom. The lowest BCUT2D eigenvalue weighted by Gasteiger charge is -2.34. The van der Waals surface area contributed by atoms with Crippen molar-refractivity contribution < 1.29 is 17.9 Å². The highest BCUT2D eigenvalue weighted by Gasteiger charge is 2.32. The SMILES string of the molecule is COc1ccc(OC)c(S(=O)(=O)N2CCN(c3nc(Cc4cccc(C)c4C)cs3)CC2)c1. The molecule has 1 aromatic heterocycles. The third kappa shape index (κ3) is 4.85. The van der Waals surface area contributed by atoms with Gasteiger partial charge in [0.1, 0.15) is 16.4 Å². The molecule has 0 aliphatic carbocycles. The third-order valence-corrected chi connectivity index (χ3v) is 9.00. The zero-order valence-electron chi connectivity index (χ0n) is 19.4. The molecular weight excluding hydrogens is 458 g/mol. The molecule has 2 heterocycles. The van der Waals surface area contributed by atoms with E-state index in [1.165, 1.54) is 41.3 Å². The summed E-state index contributed by atoms with van der Waals surface area (Å²) >= 11 is 1.61. The lowest BCUT2D eigenvalue weighted by Crippen LogP contribution is -2.48. The number of aromatic nitrogens is 1. The Morgan fingerprint density at radius 2 is 1.79 bits per heavy atom. The Labute approximate surface area is 199 Å². The van der Waals surface area contributed by atoms with Crippen molar-refractivity contribution in [3.05, 3.63) is 64.2 Å². The van der Waals surface area contributed by atoms with Crippen molar-refractivity contribution in [1.29, 1.82) is 0 Å². The van der Waals surface area contributed by atoms with Gasteiger partial charge in [0.05, 0.1) is 19.9 Å². The van der Waals surface area contributed by atoms with Gasteiger partial charge >= 0.3 is 0 Å². The summed E-state index contributed by atoms with van der Waals surface area (Å²) in [7, 11) is -0.720. The van der Waals surface area contributed by atoms with E-state index in [9.17, 15) is 8.42 Å². The fourth-order valence-corrected chi connectivity index (χ4v) is 6.44. The van der Waals surface area contributed by atoms with Crippen LogP contribution in [0.25, 0.3) is 0 Å². The van der Waals surface area contributed by atoms with Gasteiger partial charge in [-0.25, -0.2) is 13.4 Å². The molecule has 0 saturated carbocycles. The average molecular weight is 488 g/mol. The Hall–Kier alpha value is -2.62. The third-order valence-electron chi connectivity index (χ3n) is 6.13. The highest BCUT2D eigenvalue weighted by molar-refractivity contribution is 7.89. The lowest BCUT2D eigenvalue weighted by atomic mass is 10.0. The first-order chi connectivity index (χ1) is 15.8. The fourth-order valence-electron chi connectivity index (χ4n) is 3.97. The molecule has 0 bridgehead atoms. The molecular formula is C24H29N3O4S2. The van der Waals surface area contributed by atoms with E-state index in [2.05, 4.69) is 42.3 Å². The monoisotopic (exact) mass is 487 g/mol. The number of benzene rings is 2. The maximum absolute atomic E-state index is 13.3. The number of anilines is 1. The van der Waals surface area contributed by atoms with Crippen molar-refractivity contribution in [2.75, 3.05) is 45.3 Å². The Kier molecular flexibility index (Phi) is 6.92. The summed E-state index contributed by atoms with van der Waals surface area (Å²) < 4.78 is 38.6. The molecule has 9 heteroatoms. The van der Waals surface area contributed by atoms with Crippen LogP contribution in [0.1, 0.15) is 22.4 Å². The highest BCUT2D eigenvalue weighted by atomic mass is 32.2. The summed E-state index contributed by atoms with van der Waals surface area (Å²) in [5, 5.41) is 3.03. The van der Waals surface area contributed by atoms with Gasteiger partial charge in [-0.3, -0.25) is 0 Å². The van der Waals surface area contributed by atoms with E-state index in [1.807, 2.05) is 0 Å². The molecule has 0 N–H and O–H groups in total. The lowest BCUT2D eigenvalue weighted by molar-refractivity contribution is 0.370. The van der Waals surface area contributed by atoms with Crippen molar-refractivity contribution in [2.24, 2.45) is 0 Å². The van der Waals surface area contributed by atoms with E-state index in [0.717, 1.165) is 17.2 Å². The van der Waals surface area contributed by atoms with Gasteiger partial charge in [-0.2, -0.15) is 4.31 Å². The summed E-state index contributed by atoms with van der Waals surface area (Å²) in [4.78, 5) is 7.12. The van der Waals surface area contributed by atoms with Crippen LogP contribution in [0, 0.1) is 13.8 Å². The number of aryl methyl sites for hydroxylation is 1. The molecule has 3 aromatic rings. The zero-order chi connectivity index (χ0) is 23.6. The Bertz CT molecular complexity index is 1230. The summed E-state index contributed by atoms with van der Waals surface area (Å²) in [6.45, 7) is 6.21. The Balaban J connectivity index is 1.45. The largest absolute Gasteiger partial charge is 0.497 e. The van der Waals surface area contributed by atoms with Crippen LogP contribution in [0.2, 0.25) is 0 Å². The smallest absolute Gasteiger partial charge is 0.247 e. The van der Waals surface area contributed by atoms with Gasteiger partial charge in [0.2, 0.25) is 10.0 Å². The number of sulfonamides is 1. The van der Waals surface area contributed by atoms with Crippen LogP contribution >= 0.6 is 11.3 Å². The van der Waals surface area contributed by atoms with Crippen molar-refractivity contribution >= 4 is 26.5 Å². The number of piperazine rings is 1. The minimum absolute atomic E-state index is 0.128. The fraction of sp³-hybridized carbons (Fsp3) is 0.375. The van der Waals surface area contributed by atoms with Crippen LogP contribution in [0.5, 0.6) is 11.5 Å². The van der Waals surface area contributed by atoms with Crippen LogP contribution < -0.4 is 14.4 Å². The van der Waals surface area contributed by atoms with Crippen LogP contribution in [0.3, 0.4) is 0 Å². The standard InChI is InChI=1S/C24H29N3O4S2/c1-17-6-5-7-19(18(17)2)14-20-16-32-24(25-20)26-10-12-27(13-11-26)33(28,29)23-15-21(30-3)8-9-22(23)31-4/h5-9,15-16H,10-14H2,1-4H3. The molecule has 4 rings (SSSR count). The van der Waals surface area contributed by atoms with Gasteiger partial charge < -0.3 is 14.4 Å². The average Bonchev–Trinajstić information content (AvgIpc) is 3.30. The molecule has 1 aliphatic heterocycles. The van der Waals surface area contributed by atoms with Crippen molar-refractivity contribution in [1.82, 2.24) is 9.29 Å². The summed E-state index contributed by atoms with van der Waals surface area (Å²) in [5.74, 6) is 0.793. The van der Waals surface area contributed by atoms with E-state index in [-0.39, 0.29) is 4.90 Å². The van der Waals surface area contributed by atoms with Crippen molar-refractivity contribution in [3.8, 4) is 11.5 Å².